The van der Waals surface area contributed by atoms with Crippen molar-refractivity contribution in [3.8, 4) is 0 Å². The number of alkyl halides is 1. The molecule has 2 aromatic carbocycles. The molecule has 0 bridgehead atoms. The summed E-state index contributed by atoms with van der Waals surface area (Å²) >= 11 is 3.95. The Morgan fingerprint density at radius 3 is 2.19 bits per heavy atom. The second-order valence-corrected chi connectivity index (χ2v) is 7.17. The Morgan fingerprint density at radius 2 is 1.62 bits per heavy atom. The summed E-state index contributed by atoms with van der Waals surface area (Å²) in [6, 6.07) is 18.1. The second-order valence-electron chi connectivity index (χ2n) is 6.18. The van der Waals surface area contributed by atoms with Crippen molar-refractivity contribution in [2.75, 3.05) is 0 Å². The van der Waals surface area contributed by atoms with Gasteiger partial charge in [0.05, 0.1) is 0 Å². The third-order valence-corrected chi connectivity index (χ3v) is 5.89. The summed E-state index contributed by atoms with van der Waals surface area (Å²) in [6.45, 7) is 2.25. The van der Waals surface area contributed by atoms with Crippen LogP contribution in [0, 0.1) is 5.92 Å². The van der Waals surface area contributed by atoms with E-state index >= 15 is 0 Å². The van der Waals surface area contributed by atoms with Crippen molar-refractivity contribution in [3.05, 3.63) is 70.8 Å². The molecule has 2 aromatic rings. The molecule has 0 radical (unpaired) electrons. The van der Waals surface area contributed by atoms with E-state index in [2.05, 4.69) is 71.4 Å². The Balaban J connectivity index is 1.67. The van der Waals surface area contributed by atoms with E-state index in [-0.39, 0.29) is 0 Å². The van der Waals surface area contributed by atoms with Crippen LogP contribution in [0.4, 0.5) is 0 Å². The molecule has 0 nitrogen and oxygen atoms in total. The van der Waals surface area contributed by atoms with Crippen molar-refractivity contribution < 1.29 is 0 Å². The van der Waals surface area contributed by atoms with E-state index in [4.69, 9.17) is 0 Å². The smallest absolute Gasteiger partial charge is 0.0429 e. The quantitative estimate of drug-likeness (QED) is 0.595. The SMILES string of the molecule is CCCCc1ccc(C(Br)C2Cc3ccccc3C2)cc1. The molecule has 110 valence electrons. The Labute approximate surface area is 136 Å². The maximum Gasteiger partial charge on any atom is 0.0429 e. The molecule has 0 saturated heterocycles. The lowest BCUT2D eigenvalue weighted by Gasteiger charge is -2.18. The molecule has 21 heavy (non-hydrogen) atoms. The van der Waals surface area contributed by atoms with Crippen LogP contribution in [-0.4, -0.2) is 0 Å². The lowest BCUT2D eigenvalue weighted by Crippen LogP contribution is -2.07. The number of rotatable bonds is 5. The first-order chi connectivity index (χ1) is 10.3. The highest BCUT2D eigenvalue weighted by molar-refractivity contribution is 9.09. The van der Waals surface area contributed by atoms with E-state index in [9.17, 15) is 0 Å². The highest BCUT2D eigenvalue weighted by Crippen LogP contribution is 2.40. The largest absolute Gasteiger partial charge is 0.0835 e. The summed E-state index contributed by atoms with van der Waals surface area (Å²) in [5.74, 6) is 0.684. The molecular formula is C20H23Br. The third kappa shape index (κ3) is 3.40. The van der Waals surface area contributed by atoms with Crippen molar-refractivity contribution in [2.45, 2.75) is 43.9 Å². The molecule has 0 aliphatic heterocycles. The fourth-order valence-corrected chi connectivity index (χ4v) is 4.00. The number of unbranched alkanes of at least 4 members (excludes halogenated alkanes) is 1. The number of hydrogen-bond donors (Lipinski definition) is 0. The minimum Gasteiger partial charge on any atom is -0.0835 e. The van der Waals surface area contributed by atoms with Crippen molar-refractivity contribution in [3.63, 3.8) is 0 Å². The van der Waals surface area contributed by atoms with Crippen LogP contribution in [0.3, 0.4) is 0 Å². The van der Waals surface area contributed by atoms with E-state index < -0.39 is 0 Å². The van der Waals surface area contributed by atoms with E-state index in [0.717, 1.165) is 0 Å². The average molecular weight is 343 g/mol. The monoisotopic (exact) mass is 342 g/mol. The van der Waals surface area contributed by atoms with Crippen LogP contribution in [0.5, 0.6) is 0 Å². The minimum absolute atomic E-state index is 0.463. The van der Waals surface area contributed by atoms with Gasteiger partial charge in [0.1, 0.15) is 0 Å². The van der Waals surface area contributed by atoms with Gasteiger partial charge in [-0.3, -0.25) is 0 Å². The van der Waals surface area contributed by atoms with Gasteiger partial charge in [-0.1, -0.05) is 77.8 Å². The fourth-order valence-electron chi connectivity index (χ4n) is 3.32. The Hall–Kier alpha value is -1.08. The zero-order chi connectivity index (χ0) is 14.7. The molecule has 0 fully saturated rings. The molecule has 1 aliphatic carbocycles. The van der Waals surface area contributed by atoms with E-state index in [1.54, 1.807) is 0 Å². The first-order valence-electron chi connectivity index (χ1n) is 8.07. The van der Waals surface area contributed by atoms with Gasteiger partial charge >= 0.3 is 0 Å². The summed E-state index contributed by atoms with van der Waals surface area (Å²) in [7, 11) is 0. The van der Waals surface area contributed by atoms with Gasteiger partial charge in [-0.2, -0.15) is 0 Å². The topological polar surface area (TPSA) is 0 Å². The Bertz CT molecular complexity index is 560. The highest BCUT2D eigenvalue weighted by Gasteiger charge is 2.27. The fraction of sp³-hybridized carbons (Fsp3) is 0.400. The third-order valence-electron chi connectivity index (χ3n) is 4.61. The van der Waals surface area contributed by atoms with E-state index in [0.29, 0.717) is 10.7 Å². The summed E-state index contributed by atoms with van der Waals surface area (Å²) < 4.78 is 0. The molecule has 0 heterocycles. The van der Waals surface area contributed by atoms with Gasteiger partial charge in [0.2, 0.25) is 0 Å². The molecule has 1 unspecified atom stereocenters. The van der Waals surface area contributed by atoms with Gasteiger partial charge in [0.25, 0.3) is 0 Å². The van der Waals surface area contributed by atoms with Crippen LogP contribution >= 0.6 is 15.9 Å². The van der Waals surface area contributed by atoms with Crippen LogP contribution in [-0.2, 0) is 19.3 Å². The number of benzene rings is 2. The zero-order valence-corrected chi connectivity index (χ0v) is 14.3. The predicted octanol–water partition coefficient (Wildman–Crippen LogP) is 5.88. The van der Waals surface area contributed by atoms with Crippen LogP contribution in [0.15, 0.2) is 48.5 Å². The van der Waals surface area contributed by atoms with Crippen molar-refractivity contribution in [2.24, 2.45) is 5.92 Å². The maximum absolute atomic E-state index is 3.95. The number of fused-ring (bicyclic) bond motifs is 1. The first-order valence-corrected chi connectivity index (χ1v) is 8.99. The first kappa shape index (κ1) is 14.8. The lowest BCUT2D eigenvalue weighted by molar-refractivity contribution is 0.554. The molecule has 1 aliphatic rings. The normalized spacial score (nSPS) is 15.9. The van der Waals surface area contributed by atoms with Gasteiger partial charge in [-0.15, -0.1) is 0 Å². The molecule has 1 heteroatoms. The minimum atomic E-state index is 0.463. The second kappa shape index (κ2) is 6.79. The maximum atomic E-state index is 3.95. The molecule has 0 aromatic heterocycles. The summed E-state index contributed by atoms with van der Waals surface area (Å²) in [6.07, 6.45) is 6.16. The van der Waals surface area contributed by atoms with Crippen molar-refractivity contribution in [1.29, 1.82) is 0 Å². The van der Waals surface area contributed by atoms with Crippen molar-refractivity contribution in [1.82, 2.24) is 0 Å². The van der Waals surface area contributed by atoms with Gasteiger partial charge < -0.3 is 0 Å². The Morgan fingerprint density at radius 1 is 1.00 bits per heavy atom. The standard InChI is InChI=1S/C20H23Br/c1-2-3-6-15-9-11-16(12-10-15)20(21)19-13-17-7-4-5-8-18(17)14-19/h4-5,7-12,19-20H,2-3,6,13-14H2,1H3. The number of aryl methyl sites for hydroxylation is 1. The molecule has 0 spiro atoms. The van der Waals surface area contributed by atoms with E-state index in [1.165, 1.54) is 54.4 Å². The molecule has 1 atom stereocenters. The van der Waals surface area contributed by atoms with Crippen LogP contribution in [0.2, 0.25) is 0 Å². The summed E-state index contributed by atoms with van der Waals surface area (Å²) in [5, 5.41) is 0. The van der Waals surface area contributed by atoms with Gasteiger partial charge in [0.15, 0.2) is 0 Å². The molecule has 0 saturated carbocycles. The van der Waals surface area contributed by atoms with Crippen LogP contribution in [0.25, 0.3) is 0 Å². The summed E-state index contributed by atoms with van der Waals surface area (Å²) in [5.41, 5.74) is 5.96. The average Bonchev–Trinajstić information content (AvgIpc) is 2.96. The van der Waals surface area contributed by atoms with Gasteiger partial charge in [-0.25, -0.2) is 0 Å². The van der Waals surface area contributed by atoms with Gasteiger partial charge in [0, 0.05) is 4.83 Å². The molecular weight excluding hydrogens is 320 g/mol. The van der Waals surface area contributed by atoms with Crippen LogP contribution in [0.1, 0.15) is 46.8 Å². The predicted molar refractivity (Wildman–Crippen MR) is 94.1 cm³/mol. The molecule has 0 amide bonds. The summed E-state index contributed by atoms with van der Waals surface area (Å²) in [4.78, 5) is 0.463. The highest BCUT2D eigenvalue weighted by atomic mass is 79.9. The van der Waals surface area contributed by atoms with Crippen molar-refractivity contribution >= 4 is 15.9 Å². The lowest BCUT2D eigenvalue weighted by atomic mass is 9.95. The Kier molecular flexibility index (Phi) is 4.80. The number of halogens is 1. The van der Waals surface area contributed by atoms with Crippen LogP contribution < -0.4 is 0 Å². The van der Waals surface area contributed by atoms with E-state index in [1.807, 2.05) is 0 Å². The van der Waals surface area contributed by atoms with Gasteiger partial charge in [-0.05, 0) is 53.9 Å². The zero-order valence-electron chi connectivity index (χ0n) is 12.7. The molecule has 0 N–H and O–H groups in total. The molecule has 3 rings (SSSR count). The number of hydrogen-bond acceptors (Lipinski definition) is 0.